The normalized spacial score (nSPS) is 15.4. The van der Waals surface area contributed by atoms with Crippen molar-refractivity contribution < 1.29 is 9.59 Å². The quantitative estimate of drug-likeness (QED) is 0.585. The first-order valence-corrected chi connectivity index (χ1v) is 11.6. The van der Waals surface area contributed by atoms with Crippen molar-refractivity contribution in [2.24, 2.45) is 0 Å². The molecule has 0 radical (unpaired) electrons. The summed E-state index contributed by atoms with van der Waals surface area (Å²) in [5.41, 5.74) is 3.17. The minimum absolute atomic E-state index is 0.0239. The zero-order valence-electron chi connectivity index (χ0n) is 19.4. The van der Waals surface area contributed by atoms with E-state index in [2.05, 4.69) is 52.8 Å². The third kappa shape index (κ3) is 5.97. The van der Waals surface area contributed by atoms with E-state index in [1.807, 2.05) is 48.2 Å². The number of piperazine rings is 1. The number of nitrogens with one attached hydrogen (secondary N) is 2. The highest BCUT2D eigenvalue weighted by Gasteiger charge is 2.23. The van der Waals surface area contributed by atoms with Gasteiger partial charge in [0, 0.05) is 37.9 Å². The molecule has 4 rings (SSSR count). The van der Waals surface area contributed by atoms with Crippen molar-refractivity contribution in [2.45, 2.75) is 19.9 Å². The van der Waals surface area contributed by atoms with Crippen LogP contribution in [-0.2, 0) is 9.59 Å². The van der Waals surface area contributed by atoms with Gasteiger partial charge in [0.1, 0.15) is 0 Å². The van der Waals surface area contributed by atoms with Gasteiger partial charge in [-0.1, -0.05) is 60.2 Å². The number of carbonyl (C=O) groups is 2. The number of anilines is 1. The van der Waals surface area contributed by atoms with Gasteiger partial charge in [0.25, 0.3) is 0 Å². The maximum Gasteiger partial charge on any atom is 0.238 e. The maximum atomic E-state index is 12.8. The van der Waals surface area contributed by atoms with Gasteiger partial charge in [0.05, 0.1) is 13.1 Å². The summed E-state index contributed by atoms with van der Waals surface area (Å²) < 4.78 is 0. The van der Waals surface area contributed by atoms with Gasteiger partial charge in [-0.15, -0.1) is 0 Å². The molecule has 6 heteroatoms. The van der Waals surface area contributed by atoms with Crippen LogP contribution >= 0.6 is 0 Å². The van der Waals surface area contributed by atoms with E-state index in [9.17, 15) is 9.59 Å². The molecule has 0 spiro atoms. The first-order valence-electron chi connectivity index (χ1n) is 11.6. The van der Waals surface area contributed by atoms with Crippen molar-refractivity contribution in [3.63, 3.8) is 0 Å². The lowest BCUT2D eigenvalue weighted by molar-refractivity contribution is -0.132. The van der Waals surface area contributed by atoms with E-state index in [0.29, 0.717) is 39.3 Å². The Bertz CT molecular complexity index is 1100. The summed E-state index contributed by atoms with van der Waals surface area (Å²) >= 11 is 0. The van der Waals surface area contributed by atoms with Gasteiger partial charge in [-0.05, 0) is 42.3 Å². The van der Waals surface area contributed by atoms with Gasteiger partial charge in [-0.25, -0.2) is 0 Å². The van der Waals surface area contributed by atoms with Crippen LogP contribution < -0.4 is 10.6 Å². The van der Waals surface area contributed by atoms with E-state index in [-0.39, 0.29) is 17.9 Å². The molecule has 1 heterocycles. The standard InChI is InChI=1S/C27H32N4O2/c1-20-10-12-23(13-11-20)29-26(32)19-30-14-16-31(17-15-30)27(33)18-28-21(2)24-9-5-7-22-6-3-4-8-25(22)24/h3-13,21,28H,14-19H2,1-2H3,(H,29,32). The van der Waals surface area contributed by atoms with Crippen LogP contribution in [0.4, 0.5) is 5.69 Å². The van der Waals surface area contributed by atoms with Crippen LogP contribution in [0.2, 0.25) is 0 Å². The zero-order chi connectivity index (χ0) is 23.2. The molecule has 2 N–H and O–H groups in total. The minimum atomic E-state index is -0.0239. The molecule has 0 aliphatic carbocycles. The Morgan fingerprint density at radius 2 is 1.61 bits per heavy atom. The van der Waals surface area contributed by atoms with Gasteiger partial charge >= 0.3 is 0 Å². The van der Waals surface area contributed by atoms with Crippen molar-refractivity contribution >= 4 is 28.3 Å². The first kappa shape index (κ1) is 23.0. The molecule has 1 fully saturated rings. The van der Waals surface area contributed by atoms with E-state index < -0.39 is 0 Å². The SMILES string of the molecule is Cc1ccc(NC(=O)CN2CCN(C(=O)CNC(C)c3cccc4ccccc34)CC2)cc1. The summed E-state index contributed by atoms with van der Waals surface area (Å²) in [5.74, 6) is 0.0788. The zero-order valence-corrected chi connectivity index (χ0v) is 19.4. The average molecular weight is 445 g/mol. The largest absolute Gasteiger partial charge is 0.339 e. The monoisotopic (exact) mass is 444 g/mol. The maximum absolute atomic E-state index is 12.8. The fourth-order valence-corrected chi connectivity index (χ4v) is 4.29. The fraction of sp³-hybridized carbons (Fsp3) is 0.333. The number of carbonyl (C=O) groups excluding carboxylic acids is 2. The van der Waals surface area contributed by atoms with Crippen LogP contribution in [0, 0.1) is 6.92 Å². The van der Waals surface area contributed by atoms with E-state index in [4.69, 9.17) is 0 Å². The Labute approximate surface area is 195 Å². The van der Waals surface area contributed by atoms with E-state index in [1.165, 1.54) is 16.3 Å². The Kier molecular flexibility index (Phi) is 7.37. The summed E-state index contributed by atoms with van der Waals surface area (Å²) in [6.07, 6.45) is 0. The molecule has 0 bridgehead atoms. The topological polar surface area (TPSA) is 64.7 Å². The van der Waals surface area contributed by atoms with Crippen molar-refractivity contribution in [3.8, 4) is 0 Å². The molecule has 1 atom stereocenters. The predicted octanol–water partition coefficient (Wildman–Crippen LogP) is 3.58. The molecule has 1 aliphatic rings. The number of nitrogens with zero attached hydrogens (tertiary/aromatic N) is 2. The molecule has 3 aromatic carbocycles. The summed E-state index contributed by atoms with van der Waals surface area (Å²) in [7, 11) is 0. The lowest BCUT2D eigenvalue weighted by Crippen LogP contribution is -2.52. The second-order valence-electron chi connectivity index (χ2n) is 8.74. The van der Waals surface area contributed by atoms with Gasteiger partial charge in [-0.3, -0.25) is 14.5 Å². The van der Waals surface area contributed by atoms with Crippen molar-refractivity contribution in [2.75, 3.05) is 44.6 Å². The van der Waals surface area contributed by atoms with E-state index in [1.54, 1.807) is 0 Å². The lowest BCUT2D eigenvalue weighted by Gasteiger charge is -2.34. The van der Waals surface area contributed by atoms with Crippen LogP contribution in [-0.4, -0.2) is 60.9 Å². The number of fused-ring (bicyclic) bond motifs is 1. The van der Waals surface area contributed by atoms with E-state index >= 15 is 0 Å². The molecule has 1 unspecified atom stereocenters. The predicted molar refractivity (Wildman–Crippen MR) is 133 cm³/mol. The first-order chi connectivity index (χ1) is 16.0. The molecule has 1 aliphatic heterocycles. The van der Waals surface area contributed by atoms with Crippen molar-refractivity contribution in [1.82, 2.24) is 15.1 Å². The number of rotatable bonds is 7. The van der Waals surface area contributed by atoms with Crippen LogP contribution in [0.5, 0.6) is 0 Å². The Hall–Kier alpha value is -3.22. The van der Waals surface area contributed by atoms with Gasteiger partial charge in [-0.2, -0.15) is 0 Å². The summed E-state index contributed by atoms with van der Waals surface area (Å²) in [5, 5.41) is 8.75. The molecule has 3 aromatic rings. The highest BCUT2D eigenvalue weighted by molar-refractivity contribution is 5.92. The molecular formula is C27H32N4O2. The smallest absolute Gasteiger partial charge is 0.238 e. The number of hydrogen-bond acceptors (Lipinski definition) is 4. The van der Waals surface area contributed by atoms with E-state index in [0.717, 1.165) is 11.3 Å². The van der Waals surface area contributed by atoms with Crippen LogP contribution in [0.3, 0.4) is 0 Å². The second-order valence-corrected chi connectivity index (χ2v) is 8.74. The molecule has 1 saturated heterocycles. The van der Waals surface area contributed by atoms with Crippen molar-refractivity contribution in [3.05, 3.63) is 77.9 Å². The second kappa shape index (κ2) is 10.6. The highest BCUT2D eigenvalue weighted by atomic mass is 16.2. The van der Waals surface area contributed by atoms with Crippen LogP contribution in [0.25, 0.3) is 10.8 Å². The summed E-state index contributed by atoms with van der Waals surface area (Å²) in [6.45, 7) is 7.44. The molecular weight excluding hydrogens is 412 g/mol. The molecule has 33 heavy (non-hydrogen) atoms. The minimum Gasteiger partial charge on any atom is -0.339 e. The number of aryl methyl sites for hydroxylation is 1. The molecule has 2 amide bonds. The fourth-order valence-electron chi connectivity index (χ4n) is 4.29. The number of hydrogen-bond donors (Lipinski definition) is 2. The molecule has 6 nitrogen and oxygen atoms in total. The molecule has 0 aromatic heterocycles. The van der Waals surface area contributed by atoms with Gasteiger partial charge < -0.3 is 15.5 Å². The summed E-state index contributed by atoms with van der Waals surface area (Å²) in [4.78, 5) is 29.1. The Morgan fingerprint density at radius 1 is 0.909 bits per heavy atom. The highest BCUT2D eigenvalue weighted by Crippen LogP contribution is 2.24. The van der Waals surface area contributed by atoms with Crippen molar-refractivity contribution in [1.29, 1.82) is 0 Å². The summed E-state index contributed by atoms with van der Waals surface area (Å²) in [6, 6.07) is 22.5. The van der Waals surface area contributed by atoms with Crippen LogP contribution in [0.1, 0.15) is 24.1 Å². The Balaban J connectivity index is 1.22. The molecule has 0 saturated carbocycles. The van der Waals surface area contributed by atoms with Crippen LogP contribution in [0.15, 0.2) is 66.7 Å². The number of amides is 2. The number of benzene rings is 3. The average Bonchev–Trinajstić information content (AvgIpc) is 2.84. The molecule has 172 valence electrons. The lowest BCUT2D eigenvalue weighted by atomic mass is 10.00. The van der Waals surface area contributed by atoms with Gasteiger partial charge in [0.2, 0.25) is 11.8 Å². The Morgan fingerprint density at radius 3 is 2.36 bits per heavy atom. The third-order valence-corrected chi connectivity index (χ3v) is 6.28. The van der Waals surface area contributed by atoms with Gasteiger partial charge in [0.15, 0.2) is 0 Å². The third-order valence-electron chi connectivity index (χ3n) is 6.28.